The molecule has 2 nitrogen and oxygen atoms in total. The number of benzene rings is 1. The Morgan fingerprint density at radius 2 is 2.00 bits per heavy atom. The third-order valence-electron chi connectivity index (χ3n) is 4.49. The third kappa shape index (κ3) is 3.80. The maximum atomic E-state index is 13.6. The molecule has 112 valence electrons. The highest BCUT2D eigenvalue weighted by atomic mass is 19.1. The van der Waals surface area contributed by atoms with Crippen LogP contribution in [0, 0.1) is 25.6 Å². The van der Waals surface area contributed by atoms with Crippen LogP contribution in [0.3, 0.4) is 0 Å². The molecule has 0 bridgehead atoms. The lowest BCUT2D eigenvalue weighted by molar-refractivity contribution is 0.178. The molecule has 1 aromatic carbocycles. The maximum Gasteiger partial charge on any atom is 0.129 e. The minimum atomic E-state index is -0.0734. The van der Waals surface area contributed by atoms with Crippen LogP contribution in [0.4, 0.5) is 4.39 Å². The molecule has 1 aliphatic rings. The molecule has 1 fully saturated rings. The highest BCUT2D eigenvalue weighted by Crippen LogP contribution is 2.19. The normalized spacial score (nSPS) is 21.9. The van der Waals surface area contributed by atoms with Gasteiger partial charge in [0.2, 0.25) is 0 Å². The van der Waals surface area contributed by atoms with Crippen LogP contribution in [-0.2, 0) is 6.54 Å². The van der Waals surface area contributed by atoms with E-state index in [1.165, 1.54) is 31.5 Å². The SMILES string of the molecule is Cc1cc(CNC(C)C2CCCN(C)C2)cc(C)c1F. The summed E-state index contributed by atoms with van der Waals surface area (Å²) >= 11 is 0. The zero-order valence-electron chi connectivity index (χ0n) is 13.2. The molecule has 0 saturated carbocycles. The van der Waals surface area contributed by atoms with Crippen molar-refractivity contribution in [2.75, 3.05) is 20.1 Å². The number of nitrogens with zero attached hydrogens (tertiary/aromatic N) is 1. The van der Waals surface area contributed by atoms with Crippen LogP contribution in [0.25, 0.3) is 0 Å². The number of hydrogen-bond acceptors (Lipinski definition) is 2. The highest BCUT2D eigenvalue weighted by Gasteiger charge is 2.22. The van der Waals surface area contributed by atoms with E-state index in [0.29, 0.717) is 6.04 Å². The van der Waals surface area contributed by atoms with Crippen molar-refractivity contribution >= 4 is 0 Å². The molecular weight excluding hydrogens is 251 g/mol. The first-order valence-electron chi connectivity index (χ1n) is 7.65. The largest absolute Gasteiger partial charge is 0.310 e. The zero-order chi connectivity index (χ0) is 14.7. The zero-order valence-corrected chi connectivity index (χ0v) is 13.2. The van der Waals surface area contributed by atoms with Crippen LogP contribution in [0.5, 0.6) is 0 Å². The van der Waals surface area contributed by atoms with Gasteiger partial charge >= 0.3 is 0 Å². The Hall–Kier alpha value is -0.930. The second-order valence-electron chi connectivity index (χ2n) is 6.38. The van der Waals surface area contributed by atoms with E-state index >= 15 is 0 Å². The second-order valence-corrected chi connectivity index (χ2v) is 6.38. The van der Waals surface area contributed by atoms with Crippen molar-refractivity contribution in [3.05, 3.63) is 34.6 Å². The van der Waals surface area contributed by atoms with Gasteiger partial charge in [0.25, 0.3) is 0 Å². The highest BCUT2D eigenvalue weighted by molar-refractivity contribution is 5.30. The van der Waals surface area contributed by atoms with E-state index in [0.717, 1.165) is 23.6 Å². The first-order valence-corrected chi connectivity index (χ1v) is 7.65. The molecule has 2 rings (SSSR count). The summed E-state index contributed by atoms with van der Waals surface area (Å²) in [5.41, 5.74) is 2.66. The van der Waals surface area contributed by atoms with Gasteiger partial charge < -0.3 is 10.2 Å². The lowest BCUT2D eigenvalue weighted by Crippen LogP contribution is -2.42. The predicted octanol–water partition coefficient (Wildman–Crippen LogP) is 3.26. The summed E-state index contributed by atoms with van der Waals surface area (Å²) in [7, 11) is 2.20. The lowest BCUT2D eigenvalue weighted by Gasteiger charge is -2.34. The fourth-order valence-electron chi connectivity index (χ4n) is 3.20. The number of likely N-dealkylation sites (tertiary alicyclic amines) is 1. The number of halogens is 1. The third-order valence-corrected chi connectivity index (χ3v) is 4.49. The van der Waals surface area contributed by atoms with Crippen LogP contribution in [0.15, 0.2) is 12.1 Å². The Balaban J connectivity index is 1.91. The molecule has 20 heavy (non-hydrogen) atoms. The number of rotatable bonds is 4. The summed E-state index contributed by atoms with van der Waals surface area (Å²) in [5, 5.41) is 3.61. The number of hydrogen-bond donors (Lipinski definition) is 1. The molecule has 0 radical (unpaired) electrons. The topological polar surface area (TPSA) is 15.3 Å². The van der Waals surface area contributed by atoms with Gasteiger partial charge in [-0.05, 0) is 69.8 Å². The van der Waals surface area contributed by atoms with Gasteiger partial charge in [-0.2, -0.15) is 0 Å². The molecule has 0 amide bonds. The van der Waals surface area contributed by atoms with Crippen molar-refractivity contribution in [1.29, 1.82) is 0 Å². The Morgan fingerprint density at radius 3 is 2.60 bits per heavy atom. The summed E-state index contributed by atoms with van der Waals surface area (Å²) in [4.78, 5) is 2.42. The van der Waals surface area contributed by atoms with Crippen molar-refractivity contribution in [2.45, 2.75) is 46.2 Å². The standard InChI is InChI=1S/C17H27FN2/c1-12-8-15(9-13(2)17(12)18)10-19-14(3)16-6-5-7-20(4)11-16/h8-9,14,16,19H,5-7,10-11H2,1-4H3. The predicted molar refractivity (Wildman–Crippen MR) is 82.4 cm³/mol. The molecule has 2 unspecified atom stereocenters. The Labute approximate surface area is 122 Å². The summed E-state index contributed by atoms with van der Waals surface area (Å²) in [6.45, 7) is 9.17. The average molecular weight is 278 g/mol. The number of nitrogens with one attached hydrogen (secondary N) is 1. The fourth-order valence-corrected chi connectivity index (χ4v) is 3.20. The van der Waals surface area contributed by atoms with E-state index < -0.39 is 0 Å². The van der Waals surface area contributed by atoms with Gasteiger partial charge in [0.1, 0.15) is 5.82 Å². The molecule has 1 aromatic rings. The minimum absolute atomic E-state index is 0.0734. The van der Waals surface area contributed by atoms with E-state index in [1.807, 2.05) is 26.0 Å². The fraction of sp³-hybridized carbons (Fsp3) is 0.647. The summed E-state index contributed by atoms with van der Waals surface area (Å²) in [5.74, 6) is 0.645. The molecule has 1 aliphatic heterocycles. The molecule has 2 atom stereocenters. The minimum Gasteiger partial charge on any atom is -0.310 e. The second kappa shape index (κ2) is 6.68. The molecular formula is C17H27FN2. The molecule has 1 heterocycles. The summed E-state index contributed by atoms with van der Waals surface area (Å²) in [6, 6.07) is 4.41. The van der Waals surface area contributed by atoms with Gasteiger partial charge in [0, 0.05) is 19.1 Å². The van der Waals surface area contributed by atoms with Gasteiger partial charge in [0.05, 0.1) is 0 Å². The van der Waals surface area contributed by atoms with Crippen molar-refractivity contribution in [3.8, 4) is 0 Å². The number of piperidine rings is 1. The van der Waals surface area contributed by atoms with Crippen LogP contribution in [-0.4, -0.2) is 31.1 Å². The van der Waals surface area contributed by atoms with Crippen molar-refractivity contribution < 1.29 is 4.39 Å². The molecule has 3 heteroatoms. The van der Waals surface area contributed by atoms with Crippen LogP contribution in [0.1, 0.15) is 36.5 Å². The summed E-state index contributed by atoms with van der Waals surface area (Å²) < 4.78 is 13.6. The first-order chi connectivity index (χ1) is 9.47. The molecule has 1 saturated heterocycles. The Kier molecular flexibility index (Phi) is 5.17. The average Bonchev–Trinajstić information content (AvgIpc) is 2.42. The Bertz CT molecular complexity index is 435. The molecule has 0 aromatic heterocycles. The van der Waals surface area contributed by atoms with Gasteiger partial charge in [-0.3, -0.25) is 0 Å². The first kappa shape index (κ1) is 15.5. The van der Waals surface area contributed by atoms with E-state index in [-0.39, 0.29) is 5.82 Å². The maximum absolute atomic E-state index is 13.6. The molecule has 0 aliphatic carbocycles. The molecule has 1 N–H and O–H groups in total. The van der Waals surface area contributed by atoms with E-state index in [2.05, 4.69) is 24.2 Å². The van der Waals surface area contributed by atoms with Gasteiger partial charge in [-0.15, -0.1) is 0 Å². The van der Waals surface area contributed by atoms with Gasteiger partial charge in [-0.1, -0.05) is 12.1 Å². The van der Waals surface area contributed by atoms with Gasteiger partial charge in [0.15, 0.2) is 0 Å². The van der Waals surface area contributed by atoms with Crippen LogP contribution >= 0.6 is 0 Å². The smallest absolute Gasteiger partial charge is 0.129 e. The molecule has 0 spiro atoms. The van der Waals surface area contributed by atoms with E-state index in [4.69, 9.17) is 0 Å². The van der Waals surface area contributed by atoms with Crippen molar-refractivity contribution in [1.82, 2.24) is 10.2 Å². The van der Waals surface area contributed by atoms with Crippen LogP contribution in [0.2, 0.25) is 0 Å². The van der Waals surface area contributed by atoms with Gasteiger partial charge in [-0.25, -0.2) is 4.39 Å². The van der Waals surface area contributed by atoms with E-state index in [1.54, 1.807) is 0 Å². The number of aryl methyl sites for hydroxylation is 2. The Morgan fingerprint density at radius 1 is 1.35 bits per heavy atom. The van der Waals surface area contributed by atoms with E-state index in [9.17, 15) is 4.39 Å². The quantitative estimate of drug-likeness (QED) is 0.909. The monoisotopic (exact) mass is 278 g/mol. The van der Waals surface area contributed by atoms with Crippen molar-refractivity contribution in [2.24, 2.45) is 5.92 Å². The van der Waals surface area contributed by atoms with Crippen molar-refractivity contribution in [3.63, 3.8) is 0 Å². The lowest BCUT2D eigenvalue weighted by atomic mass is 9.91. The van der Waals surface area contributed by atoms with Crippen LogP contribution < -0.4 is 5.32 Å². The summed E-state index contributed by atoms with van der Waals surface area (Å²) in [6.07, 6.45) is 2.60.